The molecule has 0 heterocycles. The summed E-state index contributed by atoms with van der Waals surface area (Å²) < 4.78 is 16.9. The van der Waals surface area contributed by atoms with E-state index in [-0.39, 0.29) is 31.1 Å². The zero-order valence-electron chi connectivity index (χ0n) is 52.1. The van der Waals surface area contributed by atoms with Gasteiger partial charge in [-0.3, -0.25) is 14.4 Å². The van der Waals surface area contributed by atoms with Crippen LogP contribution in [-0.2, 0) is 28.6 Å². The molecule has 0 fully saturated rings. The standard InChI is InChI=1S/C73H126O6/c1-4-7-10-13-16-19-22-24-26-28-29-30-31-32-33-34-35-36-37-38-39-40-41-42-43-45-46-48-51-54-57-60-63-66-72(75)78-69-70(68-77-71(74)65-62-59-56-53-50-21-18-15-12-9-6-3)79-73(76)67-64-61-58-55-52-49-47-44-27-25-23-20-17-14-11-8-5-2/h7,10,16-17,19-20,24-27,29-30,32-33,35-36,70H,4-6,8-9,11-15,18,21-23,28,31,34,37-69H2,1-3H3/b10-7-,19-16-,20-17-,26-24-,27-25-,30-29-,33-32-,36-35-. The first-order valence-electron chi connectivity index (χ1n) is 33.7. The molecule has 454 valence electrons. The normalized spacial score (nSPS) is 12.7. The van der Waals surface area contributed by atoms with Crippen LogP contribution in [0, 0.1) is 0 Å². The van der Waals surface area contributed by atoms with E-state index in [0.717, 1.165) is 109 Å². The summed E-state index contributed by atoms with van der Waals surface area (Å²) in [4.78, 5) is 38.3. The van der Waals surface area contributed by atoms with Crippen molar-refractivity contribution in [3.63, 3.8) is 0 Å². The fourth-order valence-electron chi connectivity index (χ4n) is 9.54. The number of esters is 3. The van der Waals surface area contributed by atoms with Gasteiger partial charge in [0.25, 0.3) is 0 Å². The van der Waals surface area contributed by atoms with E-state index in [4.69, 9.17) is 14.2 Å². The second kappa shape index (κ2) is 66.8. The molecule has 0 saturated heterocycles. The Bertz CT molecular complexity index is 1540. The summed E-state index contributed by atoms with van der Waals surface area (Å²) in [7, 11) is 0. The topological polar surface area (TPSA) is 78.9 Å². The second-order valence-corrected chi connectivity index (χ2v) is 22.4. The summed E-state index contributed by atoms with van der Waals surface area (Å²) in [6.07, 6.45) is 90.0. The molecule has 1 unspecified atom stereocenters. The van der Waals surface area contributed by atoms with Crippen LogP contribution in [0.5, 0.6) is 0 Å². The highest BCUT2D eigenvalue weighted by atomic mass is 16.6. The van der Waals surface area contributed by atoms with E-state index in [1.165, 1.54) is 180 Å². The van der Waals surface area contributed by atoms with Gasteiger partial charge in [-0.05, 0) is 103 Å². The van der Waals surface area contributed by atoms with Gasteiger partial charge < -0.3 is 14.2 Å². The largest absolute Gasteiger partial charge is 0.462 e. The molecule has 0 aromatic rings. The molecule has 0 saturated carbocycles. The molecule has 0 bridgehead atoms. The zero-order chi connectivity index (χ0) is 57.1. The zero-order valence-corrected chi connectivity index (χ0v) is 52.1. The summed E-state index contributed by atoms with van der Waals surface area (Å²) >= 11 is 0. The van der Waals surface area contributed by atoms with Crippen LogP contribution in [0.15, 0.2) is 97.2 Å². The molecule has 6 heteroatoms. The highest BCUT2D eigenvalue weighted by Crippen LogP contribution is 2.17. The maximum atomic E-state index is 12.9. The summed E-state index contributed by atoms with van der Waals surface area (Å²) in [5.41, 5.74) is 0. The average Bonchev–Trinajstić information content (AvgIpc) is 3.45. The molecule has 0 aromatic heterocycles. The Morgan fingerprint density at radius 3 is 0.797 bits per heavy atom. The average molecular weight is 1100 g/mol. The Morgan fingerprint density at radius 1 is 0.266 bits per heavy atom. The second-order valence-electron chi connectivity index (χ2n) is 22.4. The highest BCUT2D eigenvalue weighted by Gasteiger charge is 2.19. The lowest BCUT2D eigenvalue weighted by Gasteiger charge is -2.18. The van der Waals surface area contributed by atoms with Gasteiger partial charge in [0.05, 0.1) is 0 Å². The lowest BCUT2D eigenvalue weighted by atomic mass is 10.0. The minimum Gasteiger partial charge on any atom is -0.462 e. The highest BCUT2D eigenvalue weighted by molar-refractivity contribution is 5.71. The molecule has 0 spiro atoms. The molecule has 0 amide bonds. The van der Waals surface area contributed by atoms with Crippen molar-refractivity contribution in [2.45, 2.75) is 335 Å². The van der Waals surface area contributed by atoms with Crippen molar-refractivity contribution in [3.05, 3.63) is 97.2 Å². The first-order chi connectivity index (χ1) is 39.0. The maximum Gasteiger partial charge on any atom is 0.306 e. The number of rotatable bonds is 61. The first-order valence-corrected chi connectivity index (χ1v) is 33.7. The fraction of sp³-hybridized carbons (Fsp3) is 0.740. The number of hydrogen-bond acceptors (Lipinski definition) is 6. The van der Waals surface area contributed by atoms with E-state index >= 15 is 0 Å². The van der Waals surface area contributed by atoms with Crippen molar-refractivity contribution in [2.24, 2.45) is 0 Å². The maximum absolute atomic E-state index is 12.9. The number of ether oxygens (including phenoxy) is 3. The van der Waals surface area contributed by atoms with Gasteiger partial charge in [0.1, 0.15) is 13.2 Å². The molecule has 79 heavy (non-hydrogen) atoms. The summed E-state index contributed by atoms with van der Waals surface area (Å²) in [6, 6.07) is 0. The van der Waals surface area contributed by atoms with Gasteiger partial charge in [-0.2, -0.15) is 0 Å². The van der Waals surface area contributed by atoms with Gasteiger partial charge in [0.15, 0.2) is 6.10 Å². The Kier molecular flexibility index (Phi) is 63.7. The first kappa shape index (κ1) is 75.3. The van der Waals surface area contributed by atoms with Crippen LogP contribution in [-0.4, -0.2) is 37.2 Å². The Morgan fingerprint density at radius 2 is 0.494 bits per heavy atom. The predicted molar refractivity (Wildman–Crippen MR) is 344 cm³/mol. The molecule has 1 atom stereocenters. The third kappa shape index (κ3) is 65.0. The number of carbonyl (C=O) groups is 3. The Balaban J connectivity index is 4.16. The molecule has 0 N–H and O–H groups in total. The van der Waals surface area contributed by atoms with E-state index in [9.17, 15) is 14.4 Å². The van der Waals surface area contributed by atoms with Gasteiger partial charge in [0, 0.05) is 19.3 Å². The quantitative estimate of drug-likeness (QED) is 0.0261. The van der Waals surface area contributed by atoms with E-state index < -0.39 is 6.10 Å². The molecule has 0 aromatic carbocycles. The van der Waals surface area contributed by atoms with Gasteiger partial charge >= 0.3 is 17.9 Å². The van der Waals surface area contributed by atoms with Crippen LogP contribution in [0.1, 0.15) is 329 Å². The fourth-order valence-corrected chi connectivity index (χ4v) is 9.54. The van der Waals surface area contributed by atoms with Crippen molar-refractivity contribution in [3.8, 4) is 0 Å². The lowest BCUT2D eigenvalue weighted by Crippen LogP contribution is -2.30. The molecule has 0 rings (SSSR count). The molecule has 0 aliphatic heterocycles. The molecule has 0 radical (unpaired) electrons. The number of unbranched alkanes of at least 4 members (excludes halogenated alkanes) is 34. The van der Waals surface area contributed by atoms with Crippen LogP contribution in [0.4, 0.5) is 0 Å². The number of allylic oxidation sites excluding steroid dienone is 16. The van der Waals surface area contributed by atoms with Crippen molar-refractivity contribution >= 4 is 17.9 Å². The SMILES string of the molecule is CC/C=C\C/C=C\C/C=C\C/C=C\C/C=C\C/C=C\CCCCCCCCCCCCCCCCC(=O)OCC(COC(=O)CCCCCCCCCCCCC)OC(=O)CCCCCCCCC/C=C\C/C=C\CCCCC. The van der Waals surface area contributed by atoms with E-state index in [0.29, 0.717) is 19.3 Å². The number of carbonyl (C=O) groups excluding carboxylic acids is 3. The van der Waals surface area contributed by atoms with Crippen molar-refractivity contribution in [2.75, 3.05) is 13.2 Å². The summed E-state index contributed by atoms with van der Waals surface area (Å²) in [6.45, 7) is 6.52. The lowest BCUT2D eigenvalue weighted by molar-refractivity contribution is -0.167. The van der Waals surface area contributed by atoms with Gasteiger partial charge in [0.2, 0.25) is 0 Å². The third-order valence-corrected chi connectivity index (χ3v) is 14.6. The molecule has 0 aliphatic rings. The van der Waals surface area contributed by atoms with Crippen molar-refractivity contribution in [1.29, 1.82) is 0 Å². The van der Waals surface area contributed by atoms with E-state index in [1.54, 1.807) is 0 Å². The minimum absolute atomic E-state index is 0.0763. The minimum atomic E-state index is -0.779. The Hall–Kier alpha value is -3.67. The summed E-state index contributed by atoms with van der Waals surface area (Å²) in [5.74, 6) is -0.872. The third-order valence-electron chi connectivity index (χ3n) is 14.6. The van der Waals surface area contributed by atoms with Crippen LogP contribution in [0.3, 0.4) is 0 Å². The van der Waals surface area contributed by atoms with Gasteiger partial charge in [-0.25, -0.2) is 0 Å². The van der Waals surface area contributed by atoms with Crippen molar-refractivity contribution in [1.82, 2.24) is 0 Å². The smallest absolute Gasteiger partial charge is 0.306 e. The van der Waals surface area contributed by atoms with Crippen LogP contribution < -0.4 is 0 Å². The van der Waals surface area contributed by atoms with Crippen molar-refractivity contribution < 1.29 is 28.6 Å². The molecular formula is C73H126O6. The predicted octanol–water partition coefficient (Wildman–Crippen LogP) is 23.2. The molecule has 0 aliphatic carbocycles. The van der Waals surface area contributed by atoms with Crippen LogP contribution in [0.25, 0.3) is 0 Å². The molecular weight excluding hydrogens is 973 g/mol. The Labute approximate surface area is 489 Å². The van der Waals surface area contributed by atoms with E-state index in [1.807, 2.05) is 0 Å². The summed E-state index contributed by atoms with van der Waals surface area (Å²) in [5, 5.41) is 0. The van der Waals surface area contributed by atoms with Gasteiger partial charge in [-0.15, -0.1) is 0 Å². The number of hydrogen-bond donors (Lipinski definition) is 0. The van der Waals surface area contributed by atoms with Crippen LogP contribution >= 0.6 is 0 Å². The van der Waals surface area contributed by atoms with E-state index in [2.05, 4.69) is 118 Å². The molecule has 6 nitrogen and oxygen atoms in total. The van der Waals surface area contributed by atoms with Gasteiger partial charge in [-0.1, -0.05) is 304 Å². The van der Waals surface area contributed by atoms with Crippen LogP contribution in [0.2, 0.25) is 0 Å². The monoisotopic (exact) mass is 1100 g/mol.